The Bertz CT molecular complexity index is 275. The normalized spacial score (nSPS) is 9.09. The minimum atomic E-state index is -0.812. The number of urea groups is 1. The highest BCUT2D eigenvalue weighted by molar-refractivity contribution is 5.84. The number of hydrogen-bond acceptors (Lipinski definition) is 3. The van der Waals surface area contributed by atoms with Gasteiger partial charge in [-0.25, -0.2) is 9.52 Å². The van der Waals surface area contributed by atoms with Crippen LogP contribution in [0.25, 0.3) is 0 Å². The third-order valence-electron chi connectivity index (χ3n) is 0.948. The van der Waals surface area contributed by atoms with E-state index in [0.29, 0.717) is 4.73 Å². The second-order valence-corrected chi connectivity index (χ2v) is 1.76. The predicted molar refractivity (Wildman–Crippen MR) is 36.4 cm³/mol. The largest absolute Gasteiger partial charge is 0.740 e. The van der Waals surface area contributed by atoms with Crippen molar-refractivity contribution in [1.29, 1.82) is 0 Å². The van der Waals surface area contributed by atoms with Gasteiger partial charge in [0.1, 0.15) is 6.20 Å². The summed E-state index contributed by atoms with van der Waals surface area (Å²) in [6.45, 7) is 0. The summed E-state index contributed by atoms with van der Waals surface area (Å²) in [6.07, 6.45) is 2.58. The number of carbonyl (C=O) groups excluding carboxylic acids is 1. The first-order valence-corrected chi connectivity index (χ1v) is 2.81. The smallest absolute Gasteiger partial charge is 0.400 e. The second-order valence-electron chi connectivity index (χ2n) is 1.76. The average Bonchev–Trinajstić information content (AvgIpc) is 1.93. The van der Waals surface area contributed by atoms with E-state index in [4.69, 9.17) is 5.73 Å². The Hall–Kier alpha value is -1.85. The molecule has 0 bridgehead atoms. The predicted octanol–water partition coefficient (Wildman–Crippen LogP) is -0.794. The van der Waals surface area contributed by atoms with E-state index in [0.717, 1.165) is 0 Å². The summed E-state index contributed by atoms with van der Waals surface area (Å²) in [5.74, 6) is -0.125. The van der Waals surface area contributed by atoms with Gasteiger partial charge in [0.05, 0.1) is 6.20 Å². The van der Waals surface area contributed by atoms with Gasteiger partial charge in [-0.1, -0.05) is 4.98 Å². The zero-order valence-electron chi connectivity index (χ0n) is 5.52. The van der Waals surface area contributed by atoms with Crippen molar-refractivity contribution in [2.75, 3.05) is 5.32 Å². The Morgan fingerprint density at radius 1 is 1.82 bits per heavy atom. The van der Waals surface area contributed by atoms with Gasteiger partial charge in [-0.3, -0.25) is 0 Å². The molecule has 11 heavy (non-hydrogen) atoms. The summed E-state index contributed by atoms with van der Waals surface area (Å²) >= 11 is 0. The highest BCUT2D eigenvalue weighted by Crippen LogP contribution is 1.88. The fourth-order valence-corrected chi connectivity index (χ4v) is 0.555. The molecule has 2 amide bonds. The van der Waals surface area contributed by atoms with Gasteiger partial charge < -0.3 is 10.9 Å². The van der Waals surface area contributed by atoms with Gasteiger partial charge in [-0.15, -0.1) is 0 Å². The lowest BCUT2D eigenvalue weighted by molar-refractivity contribution is -0.592. The molecule has 6 heteroatoms. The Balaban J connectivity index is 2.86. The SMILES string of the molecule is NC(=O)Nc1nccc[n+]1[O-]. The number of aromatic nitrogens is 2. The molecule has 0 atom stereocenters. The van der Waals surface area contributed by atoms with Crippen molar-refractivity contribution < 1.29 is 9.52 Å². The lowest BCUT2D eigenvalue weighted by atomic mass is 10.7. The van der Waals surface area contributed by atoms with Crippen molar-refractivity contribution >= 4 is 12.0 Å². The molecular formula is C5H6N4O2. The molecule has 0 radical (unpaired) electrons. The van der Waals surface area contributed by atoms with Crippen LogP contribution in [0.2, 0.25) is 0 Å². The summed E-state index contributed by atoms with van der Waals surface area (Å²) < 4.78 is 0.408. The van der Waals surface area contributed by atoms with Crippen LogP contribution in [0, 0.1) is 5.21 Å². The summed E-state index contributed by atoms with van der Waals surface area (Å²) in [7, 11) is 0. The van der Waals surface area contributed by atoms with E-state index in [-0.39, 0.29) is 5.95 Å². The topological polar surface area (TPSA) is 95.0 Å². The van der Waals surface area contributed by atoms with Gasteiger partial charge in [0, 0.05) is 6.07 Å². The Morgan fingerprint density at radius 3 is 3.09 bits per heavy atom. The van der Waals surface area contributed by atoms with Gasteiger partial charge in [0.2, 0.25) is 0 Å². The molecule has 58 valence electrons. The van der Waals surface area contributed by atoms with E-state index in [1.54, 1.807) is 0 Å². The number of anilines is 1. The van der Waals surface area contributed by atoms with E-state index in [2.05, 4.69) is 10.3 Å². The zero-order chi connectivity index (χ0) is 8.27. The molecule has 0 saturated carbocycles. The maximum absolute atomic E-state index is 10.7. The summed E-state index contributed by atoms with van der Waals surface area (Å²) in [5, 5.41) is 12.8. The fraction of sp³-hybridized carbons (Fsp3) is 0. The molecule has 6 nitrogen and oxygen atoms in total. The van der Waals surface area contributed by atoms with Gasteiger partial charge in [-0.05, 0) is 0 Å². The van der Waals surface area contributed by atoms with Crippen LogP contribution in [0.4, 0.5) is 10.7 Å². The molecule has 1 heterocycles. The fourth-order valence-electron chi connectivity index (χ4n) is 0.555. The molecule has 3 N–H and O–H groups in total. The molecular weight excluding hydrogens is 148 g/mol. The van der Waals surface area contributed by atoms with Crippen LogP contribution in [-0.4, -0.2) is 11.0 Å². The van der Waals surface area contributed by atoms with Crippen molar-refractivity contribution in [3.63, 3.8) is 0 Å². The Labute approximate surface area is 62.2 Å². The molecule has 0 spiro atoms. The standard InChI is InChI=1S/C5H6N4O2/c6-4(10)8-5-7-2-1-3-9(5)11/h1-3H,(H3,6,7,8,10). The van der Waals surface area contributed by atoms with E-state index in [1.165, 1.54) is 18.5 Å². The molecule has 0 aliphatic carbocycles. The number of carbonyl (C=O) groups is 1. The highest BCUT2D eigenvalue weighted by atomic mass is 16.5. The van der Waals surface area contributed by atoms with Crippen molar-refractivity contribution in [3.05, 3.63) is 23.7 Å². The number of primary amides is 1. The maximum Gasteiger partial charge on any atom is 0.400 e. The number of nitrogens with two attached hydrogens (primary N) is 1. The molecule has 1 aromatic heterocycles. The molecule has 1 aromatic rings. The van der Waals surface area contributed by atoms with Crippen LogP contribution in [0.5, 0.6) is 0 Å². The quantitative estimate of drug-likeness (QED) is 0.409. The van der Waals surface area contributed by atoms with Crippen LogP contribution >= 0.6 is 0 Å². The number of nitrogens with zero attached hydrogens (tertiary/aromatic N) is 2. The number of amides is 2. The zero-order valence-corrected chi connectivity index (χ0v) is 5.52. The molecule has 0 aromatic carbocycles. The summed E-state index contributed by atoms with van der Waals surface area (Å²) in [5.41, 5.74) is 4.75. The van der Waals surface area contributed by atoms with E-state index in [1.807, 2.05) is 0 Å². The van der Waals surface area contributed by atoms with Crippen molar-refractivity contribution in [1.82, 2.24) is 4.98 Å². The van der Waals surface area contributed by atoms with Gasteiger partial charge >= 0.3 is 12.0 Å². The number of nitrogens with one attached hydrogen (secondary N) is 1. The molecule has 0 aliphatic heterocycles. The molecule has 0 aliphatic rings. The lowest BCUT2D eigenvalue weighted by Crippen LogP contribution is -2.35. The van der Waals surface area contributed by atoms with Gasteiger partial charge in [0.15, 0.2) is 0 Å². The second kappa shape index (κ2) is 2.82. The molecule has 0 unspecified atom stereocenters. The van der Waals surface area contributed by atoms with Crippen LogP contribution in [0.3, 0.4) is 0 Å². The summed E-state index contributed by atoms with van der Waals surface area (Å²) in [6, 6.07) is 0.632. The highest BCUT2D eigenvalue weighted by Gasteiger charge is 2.06. The van der Waals surface area contributed by atoms with E-state index >= 15 is 0 Å². The first kappa shape index (κ1) is 7.26. The van der Waals surface area contributed by atoms with Crippen molar-refractivity contribution in [2.24, 2.45) is 5.73 Å². The molecule has 1 rings (SSSR count). The van der Waals surface area contributed by atoms with Crippen LogP contribution in [0.15, 0.2) is 18.5 Å². The first-order chi connectivity index (χ1) is 5.20. The maximum atomic E-state index is 10.7. The Morgan fingerprint density at radius 2 is 2.55 bits per heavy atom. The van der Waals surface area contributed by atoms with Gasteiger partial charge in [0.25, 0.3) is 0 Å². The van der Waals surface area contributed by atoms with Crippen molar-refractivity contribution in [2.45, 2.75) is 0 Å². The third kappa shape index (κ3) is 1.78. The van der Waals surface area contributed by atoms with Crippen molar-refractivity contribution in [3.8, 4) is 0 Å². The first-order valence-electron chi connectivity index (χ1n) is 2.81. The minimum Gasteiger partial charge on any atom is -0.740 e. The van der Waals surface area contributed by atoms with Crippen LogP contribution in [0.1, 0.15) is 0 Å². The summed E-state index contributed by atoms with van der Waals surface area (Å²) in [4.78, 5) is 13.8. The van der Waals surface area contributed by atoms with E-state index < -0.39 is 6.03 Å². The average molecular weight is 154 g/mol. The van der Waals surface area contributed by atoms with E-state index in [9.17, 15) is 10.0 Å². The van der Waals surface area contributed by atoms with Crippen LogP contribution < -0.4 is 15.8 Å². The minimum absolute atomic E-state index is 0.125. The lowest BCUT2D eigenvalue weighted by Gasteiger charge is -2.03. The van der Waals surface area contributed by atoms with Gasteiger partial charge in [-0.2, -0.15) is 5.32 Å². The molecule has 0 fully saturated rings. The molecule has 0 saturated heterocycles. The van der Waals surface area contributed by atoms with Crippen LogP contribution in [-0.2, 0) is 0 Å². The third-order valence-corrected chi connectivity index (χ3v) is 0.948. The number of rotatable bonds is 1. The monoisotopic (exact) mass is 154 g/mol. The number of hydrogen-bond donors (Lipinski definition) is 2. The Kier molecular flexibility index (Phi) is 1.86.